The van der Waals surface area contributed by atoms with Crippen molar-refractivity contribution in [2.45, 2.75) is 27.1 Å². The third kappa shape index (κ3) is 2.84. The van der Waals surface area contributed by atoms with Crippen LogP contribution in [0.4, 0.5) is 0 Å². The van der Waals surface area contributed by atoms with E-state index < -0.39 is 0 Å². The average molecular weight is 249 g/mol. The van der Waals surface area contributed by atoms with Gasteiger partial charge in [-0.1, -0.05) is 18.2 Å². The molecule has 0 amide bonds. The van der Waals surface area contributed by atoms with Crippen molar-refractivity contribution in [1.82, 2.24) is 4.98 Å². The molecule has 0 bridgehead atoms. The number of ether oxygens (including phenoxy) is 1. The summed E-state index contributed by atoms with van der Waals surface area (Å²) in [5, 5.41) is 10.2. The van der Waals surface area contributed by atoms with E-state index in [0.29, 0.717) is 6.61 Å². The van der Waals surface area contributed by atoms with Crippen LogP contribution in [0.25, 0.3) is 0 Å². The van der Waals surface area contributed by atoms with E-state index in [0.717, 1.165) is 26.9 Å². The standard InChI is InChI=1S/C13H15NO2S/c1-9-13(17-10(2)14-9)8-16-12-6-4-3-5-11(12)7-15/h3-6,15H,7-8H2,1-2H3. The molecule has 1 aromatic heterocycles. The van der Waals surface area contributed by atoms with Gasteiger partial charge in [0.25, 0.3) is 0 Å². The molecule has 0 atom stereocenters. The first-order valence-corrected chi connectivity index (χ1v) is 6.27. The normalized spacial score (nSPS) is 10.5. The van der Waals surface area contributed by atoms with Crippen molar-refractivity contribution >= 4 is 11.3 Å². The highest BCUT2D eigenvalue weighted by atomic mass is 32.1. The maximum atomic E-state index is 9.18. The van der Waals surface area contributed by atoms with Crippen LogP contribution in [0.15, 0.2) is 24.3 Å². The zero-order valence-corrected chi connectivity index (χ0v) is 10.8. The zero-order chi connectivity index (χ0) is 12.3. The van der Waals surface area contributed by atoms with Gasteiger partial charge in [-0.05, 0) is 19.9 Å². The maximum Gasteiger partial charge on any atom is 0.125 e. The lowest BCUT2D eigenvalue weighted by atomic mass is 10.2. The summed E-state index contributed by atoms with van der Waals surface area (Å²) in [6, 6.07) is 7.52. The van der Waals surface area contributed by atoms with Gasteiger partial charge in [-0.15, -0.1) is 11.3 Å². The first-order chi connectivity index (χ1) is 8.20. The topological polar surface area (TPSA) is 42.4 Å². The van der Waals surface area contributed by atoms with Gasteiger partial charge < -0.3 is 9.84 Å². The molecule has 0 unspecified atom stereocenters. The van der Waals surface area contributed by atoms with Gasteiger partial charge in [-0.25, -0.2) is 4.98 Å². The molecule has 0 aliphatic heterocycles. The molecule has 1 heterocycles. The lowest BCUT2D eigenvalue weighted by molar-refractivity contribution is 0.260. The van der Waals surface area contributed by atoms with Crippen molar-refractivity contribution in [1.29, 1.82) is 0 Å². The number of para-hydroxylation sites is 1. The first kappa shape index (κ1) is 12.1. The molecule has 0 fully saturated rings. The summed E-state index contributed by atoms with van der Waals surface area (Å²) in [5.41, 5.74) is 1.83. The third-order valence-electron chi connectivity index (χ3n) is 2.50. The van der Waals surface area contributed by atoms with E-state index in [4.69, 9.17) is 4.74 Å². The van der Waals surface area contributed by atoms with E-state index in [1.54, 1.807) is 11.3 Å². The van der Waals surface area contributed by atoms with Gasteiger partial charge in [-0.3, -0.25) is 0 Å². The molecular formula is C13H15NO2S. The number of thiazole rings is 1. The van der Waals surface area contributed by atoms with Gasteiger partial charge in [0, 0.05) is 5.56 Å². The fourth-order valence-electron chi connectivity index (χ4n) is 1.63. The highest BCUT2D eigenvalue weighted by Gasteiger charge is 2.07. The molecule has 2 rings (SSSR count). The number of hydrogen-bond donors (Lipinski definition) is 1. The molecule has 0 aliphatic carbocycles. The second-order valence-electron chi connectivity index (χ2n) is 3.80. The van der Waals surface area contributed by atoms with Crippen LogP contribution in [0.2, 0.25) is 0 Å². The first-order valence-electron chi connectivity index (χ1n) is 5.45. The Kier molecular flexibility index (Phi) is 3.76. The fraction of sp³-hybridized carbons (Fsp3) is 0.308. The Morgan fingerprint density at radius 2 is 2.06 bits per heavy atom. The molecule has 4 heteroatoms. The Hall–Kier alpha value is -1.39. The van der Waals surface area contributed by atoms with Crippen molar-refractivity contribution in [2.24, 2.45) is 0 Å². The molecule has 0 saturated carbocycles. The molecule has 17 heavy (non-hydrogen) atoms. The fourth-order valence-corrected chi connectivity index (χ4v) is 2.48. The maximum absolute atomic E-state index is 9.18. The van der Waals surface area contributed by atoms with Crippen molar-refractivity contribution in [3.8, 4) is 5.75 Å². The molecule has 0 spiro atoms. The number of hydrogen-bond acceptors (Lipinski definition) is 4. The molecule has 3 nitrogen and oxygen atoms in total. The van der Waals surface area contributed by atoms with Crippen LogP contribution in [-0.2, 0) is 13.2 Å². The minimum atomic E-state index is -0.00310. The number of rotatable bonds is 4. The van der Waals surface area contributed by atoms with Crippen molar-refractivity contribution in [2.75, 3.05) is 0 Å². The second-order valence-corrected chi connectivity index (χ2v) is 5.08. The minimum absolute atomic E-state index is 0.00310. The molecule has 2 aromatic rings. The number of aryl methyl sites for hydroxylation is 2. The minimum Gasteiger partial charge on any atom is -0.488 e. The Morgan fingerprint density at radius 3 is 2.71 bits per heavy atom. The van der Waals surface area contributed by atoms with Crippen LogP contribution in [0.1, 0.15) is 21.1 Å². The number of nitrogens with zero attached hydrogens (tertiary/aromatic N) is 1. The van der Waals surface area contributed by atoms with Gasteiger partial charge in [0.05, 0.1) is 22.2 Å². The monoisotopic (exact) mass is 249 g/mol. The van der Waals surface area contributed by atoms with E-state index in [1.807, 2.05) is 38.1 Å². The quantitative estimate of drug-likeness (QED) is 0.906. The number of aromatic nitrogens is 1. The molecule has 0 saturated heterocycles. The number of aliphatic hydroxyl groups excluding tert-OH is 1. The highest BCUT2D eigenvalue weighted by molar-refractivity contribution is 7.11. The van der Waals surface area contributed by atoms with Crippen LogP contribution in [0, 0.1) is 13.8 Å². The number of benzene rings is 1. The summed E-state index contributed by atoms with van der Waals surface area (Å²) in [5.74, 6) is 0.737. The zero-order valence-electron chi connectivity index (χ0n) is 9.93. The van der Waals surface area contributed by atoms with Crippen LogP contribution in [-0.4, -0.2) is 10.1 Å². The molecule has 0 aliphatic rings. The molecule has 1 N–H and O–H groups in total. The average Bonchev–Trinajstić information content (AvgIpc) is 2.65. The third-order valence-corrected chi connectivity index (χ3v) is 3.55. The summed E-state index contributed by atoms with van der Waals surface area (Å²) >= 11 is 1.65. The largest absolute Gasteiger partial charge is 0.488 e. The Morgan fingerprint density at radius 1 is 1.29 bits per heavy atom. The van der Waals surface area contributed by atoms with Crippen molar-refractivity contribution in [3.63, 3.8) is 0 Å². The molecule has 0 radical (unpaired) electrons. The summed E-state index contributed by atoms with van der Waals surface area (Å²) in [6.07, 6.45) is 0. The van der Waals surface area contributed by atoms with Crippen molar-refractivity contribution in [3.05, 3.63) is 45.4 Å². The van der Waals surface area contributed by atoms with E-state index in [9.17, 15) is 5.11 Å². The van der Waals surface area contributed by atoms with Crippen LogP contribution < -0.4 is 4.74 Å². The predicted octanol–water partition coefficient (Wildman–Crippen LogP) is 2.83. The van der Waals surface area contributed by atoms with Gasteiger partial charge in [0.1, 0.15) is 12.4 Å². The summed E-state index contributed by atoms with van der Waals surface area (Å²) in [4.78, 5) is 5.49. The molecular weight excluding hydrogens is 234 g/mol. The highest BCUT2D eigenvalue weighted by Crippen LogP contribution is 2.22. The molecule has 1 aromatic carbocycles. The van der Waals surface area contributed by atoms with Gasteiger partial charge >= 0.3 is 0 Å². The Balaban J connectivity index is 2.09. The summed E-state index contributed by atoms with van der Waals surface area (Å²) in [6.45, 7) is 4.48. The van der Waals surface area contributed by atoms with E-state index in [1.165, 1.54) is 0 Å². The lowest BCUT2D eigenvalue weighted by Gasteiger charge is -2.08. The van der Waals surface area contributed by atoms with Crippen molar-refractivity contribution < 1.29 is 9.84 Å². The Bertz CT molecular complexity index is 508. The van der Waals surface area contributed by atoms with Crippen LogP contribution in [0.3, 0.4) is 0 Å². The molecule has 90 valence electrons. The van der Waals surface area contributed by atoms with E-state index in [-0.39, 0.29) is 6.61 Å². The smallest absolute Gasteiger partial charge is 0.125 e. The predicted molar refractivity (Wildman–Crippen MR) is 68.3 cm³/mol. The summed E-state index contributed by atoms with van der Waals surface area (Å²) < 4.78 is 5.72. The van der Waals surface area contributed by atoms with E-state index >= 15 is 0 Å². The van der Waals surface area contributed by atoms with E-state index in [2.05, 4.69) is 4.98 Å². The van der Waals surface area contributed by atoms with Crippen LogP contribution >= 0.6 is 11.3 Å². The van der Waals surface area contributed by atoms with Crippen LogP contribution in [0.5, 0.6) is 5.75 Å². The van der Waals surface area contributed by atoms with Gasteiger partial charge in [-0.2, -0.15) is 0 Å². The van der Waals surface area contributed by atoms with Gasteiger partial charge in [0.2, 0.25) is 0 Å². The second kappa shape index (κ2) is 5.29. The number of aliphatic hydroxyl groups is 1. The van der Waals surface area contributed by atoms with Gasteiger partial charge in [0.15, 0.2) is 0 Å². The lowest BCUT2D eigenvalue weighted by Crippen LogP contribution is -1.98. The summed E-state index contributed by atoms with van der Waals surface area (Å²) in [7, 11) is 0. The SMILES string of the molecule is Cc1nc(C)c(COc2ccccc2CO)s1. The Labute approximate surface area is 105 Å².